The number of anilines is 1. The molecule has 0 saturated carbocycles. The van der Waals surface area contributed by atoms with Gasteiger partial charge in [0.2, 0.25) is 5.82 Å². The van der Waals surface area contributed by atoms with E-state index >= 15 is 0 Å². The summed E-state index contributed by atoms with van der Waals surface area (Å²) in [6, 6.07) is 0. The van der Waals surface area contributed by atoms with Crippen molar-refractivity contribution in [3.05, 3.63) is 21.7 Å². The summed E-state index contributed by atoms with van der Waals surface area (Å²) in [6.45, 7) is 2.73. The van der Waals surface area contributed by atoms with E-state index in [9.17, 15) is 10.1 Å². The van der Waals surface area contributed by atoms with E-state index in [2.05, 4.69) is 15.2 Å². The highest BCUT2D eigenvalue weighted by atomic mass is 32.1. The van der Waals surface area contributed by atoms with E-state index in [1.165, 1.54) is 17.8 Å². The first-order valence-electron chi connectivity index (χ1n) is 7.20. The van der Waals surface area contributed by atoms with Gasteiger partial charge < -0.3 is 20.3 Å². The molecule has 0 atom stereocenters. The molecular formula is C13H19N5O2S. The molecule has 1 aliphatic heterocycles. The molecule has 114 valence electrons. The zero-order valence-electron chi connectivity index (χ0n) is 12.0. The third kappa shape index (κ3) is 2.73. The van der Waals surface area contributed by atoms with Crippen LogP contribution in [-0.2, 0) is 0 Å². The minimum atomic E-state index is -0.324. The summed E-state index contributed by atoms with van der Waals surface area (Å²) in [4.78, 5) is 18.2. The lowest BCUT2D eigenvalue weighted by Crippen LogP contribution is -2.35. The van der Waals surface area contributed by atoms with Crippen LogP contribution in [-0.4, -0.2) is 41.0 Å². The Hall–Kier alpha value is -1.67. The van der Waals surface area contributed by atoms with E-state index < -0.39 is 0 Å². The molecule has 1 N–H and O–H groups in total. The molecule has 1 saturated heterocycles. The van der Waals surface area contributed by atoms with Gasteiger partial charge in [0.1, 0.15) is 6.20 Å². The maximum Gasteiger partial charge on any atom is 0.373 e. The second-order valence-corrected chi connectivity index (χ2v) is 6.27. The van der Waals surface area contributed by atoms with E-state index in [0.717, 1.165) is 32.5 Å². The van der Waals surface area contributed by atoms with Gasteiger partial charge in [0, 0.05) is 18.5 Å². The third-order valence-electron chi connectivity index (χ3n) is 4.11. The maximum absolute atomic E-state index is 11.4. The van der Waals surface area contributed by atoms with Crippen molar-refractivity contribution in [1.29, 1.82) is 0 Å². The third-order valence-corrected chi connectivity index (χ3v) is 4.87. The second-order valence-electron chi connectivity index (χ2n) is 5.39. The first kappa shape index (κ1) is 14.3. The maximum atomic E-state index is 11.4. The van der Waals surface area contributed by atoms with Crippen LogP contribution in [0.3, 0.4) is 0 Å². The van der Waals surface area contributed by atoms with Crippen LogP contribution in [0.2, 0.25) is 0 Å². The van der Waals surface area contributed by atoms with Crippen LogP contribution in [0.25, 0.3) is 4.96 Å². The van der Waals surface area contributed by atoms with Crippen LogP contribution in [0.4, 0.5) is 11.6 Å². The zero-order chi connectivity index (χ0) is 14.8. The molecular weight excluding hydrogens is 290 g/mol. The first-order valence-corrected chi connectivity index (χ1v) is 8.08. The highest BCUT2D eigenvalue weighted by Crippen LogP contribution is 2.33. The number of fused-ring (bicyclic) bond motifs is 1. The molecule has 0 spiro atoms. The van der Waals surface area contributed by atoms with Gasteiger partial charge in [-0.2, -0.15) is 9.38 Å². The quantitative estimate of drug-likeness (QED) is 0.676. The number of nitrogens with zero attached hydrogens (tertiary/aromatic N) is 4. The Morgan fingerprint density at radius 1 is 1.52 bits per heavy atom. The van der Waals surface area contributed by atoms with Gasteiger partial charge in [0.25, 0.3) is 4.96 Å². The second kappa shape index (κ2) is 5.98. The minimum absolute atomic E-state index is 0.0972. The molecule has 1 aliphatic rings. The summed E-state index contributed by atoms with van der Waals surface area (Å²) in [5, 5.41) is 16.4. The number of imidazole rings is 1. The van der Waals surface area contributed by atoms with Crippen molar-refractivity contribution < 1.29 is 4.92 Å². The van der Waals surface area contributed by atoms with Crippen LogP contribution in [0.15, 0.2) is 11.6 Å². The van der Waals surface area contributed by atoms with Gasteiger partial charge in [-0.25, -0.2) is 0 Å². The topological polar surface area (TPSA) is 75.7 Å². The predicted octanol–water partition coefficient (Wildman–Crippen LogP) is 2.13. The van der Waals surface area contributed by atoms with Crippen LogP contribution >= 0.6 is 11.3 Å². The van der Waals surface area contributed by atoms with Gasteiger partial charge in [-0.1, -0.05) is 11.3 Å². The smallest absolute Gasteiger partial charge is 0.358 e. The van der Waals surface area contributed by atoms with Crippen LogP contribution in [0, 0.1) is 16.0 Å². The van der Waals surface area contributed by atoms with Crippen LogP contribution < -0.4 is 10.2 Å². The van der Waals surface area contributed by atoms with E-state index in [1.54, 1.807) is 10.6 Å². The number of piperidine rings is 1. The number of aromatic nitrogens is 2. The van der Waals surface area contributed by atoms with Crippen molar-refractivity contribution in [3.8, 4) is 0 Å². The van der Waals surface area contributed by atoms with E-state index in [1.807, 2.05) is 12.4 Å². The van der Waals surface area contributed by atoms with Crippen LogP contribution in [0.1, 0.15) is 19.3 Å². The average Bonchev–Trinajstić information content (AvgIpc) is 3.05. The molecule has 0 bridgehead atoms. The molecule has 7 nitrogen and oxygen atoms in total. The fourth-order valence-electron chi connectivity index (χ4n) is 2.93. The molecule has 0 amide bonds. The lowest BCUT2D eigenvalue weighted by molar-refractivity contribution is -0.389. The van der Waals surface area contributed by atoms with Crippen molar-refractivity contribution in [2.24, 2.45) is 5.92 Å². The Morgan fingerprint density at radius 3 is 2.95 bits per heavy atom. The Morgan fingerprint density at radius 2 is 2.29 bits per heavy atom. The van der Waals surface area contributed by atoms with Crippen molar-refractivity contribution in [2.45, 2.75) is 19.3 Å². The highest BCUT2D eigenvalue weighted by molar-refractivity contribution is 7.15. The van der Waals surface area contributed by atoms with Gasteiger partial charge in [0.05, 0.1) is 0 Å². The SMILES string of the molecule is CNCCC1CCN(c2nc3sccn3c2[N+](=O)[O-])CC1. The lowest BCUT2D eigenvalue weighted by Gasteiger charge is -2.31. The Labute approximate surface area is 126 Å². The van der Waals surface area contributed by atoms with Gasteiger partial charge in [-0.05, 0) is 43.7 Å². The molecule has 0 aromatic carbocycles. The summed E-state index contributed by atoms with van der Waals surface area (Å²) in [6.07, 6.45) is 5.03. The van der Waals surface area contributed by atoms with Crippen molar-refractivity contribution >= 4 is 27.9 Å². The summed E-state index contributed by atoms with van der Waals surface area (Å²) in [5.74, 6) is 1.33. The number of rotatable bonds is 5. The molecule has 21 heavy (non-hydrogen) atoms. The number of hydrogen-bond acceptors (Lipinski definition) is 6. The Kier molecular flexibility index (Phi) is 4.07. The Balaban J connectivity index is 1.77. The predicted molar refractivity (Wildman–Crippen MR) is 83.2 cm³/mol. The monoisotopic (exact) mass is 309 g/mol. The summed E-state index contributed by atoms with van der Waals surface area (Å²) >= 11 is 1.43. The van der Waals surface area contributed by atoms with Crippen molar-refractivity contribution in [1.82, 2.24) is 14.7 Å². The minimum Gasteiger partial charge on any atom is -0.358 e. The van der Waals surface area contributed by atoms with Gasteiger partial charge in [-0.15, -0.1) is 0 Å². The molecule has 3 heterocycles. The van der Waals surface area contributed by atoms with E-state index in [-0.39, 0.29) is 10.7 Å². The van der Waals surface area contributed by atoms with Crippen LogP contribution in [0.5, 0.6) is 0 Å². The molecule has 2 aromatic rings. The summed E-state index contributed by atoms with van der Waals surface area (Å²) in [5.41, 5.74) is 0. The molecule has 2 aromatic heterocycles. The molecule has 3 rings (SSSR count). The van der Waals surface area contributed by atoms with Gasteiger partial charge in [-0.3, -0.25) is 0 Å². The number of hydrogen-bond donors (Lipinski definition) is 1. The summed E-state index contributed by atoms with van der Waals surface area (Å²) in [7, 11) is 1.97. The fourth-order valence-corrected chi connectivity index (χ4v) is 3.63. The largest absolute Gasteiger partial charge is 0.373 e. The molecule has 0 aliphatic carbocycles. The van der Waals surface area contributed by atoms with Gasteiger partial charge in [0.15, 0.2) is 0 Å². The van der Waals surface area contributed by atoms with E-state index in [0.29, 0.717) is 16.7 Å². The average molecular weight is 309 g/mol. The first-order chi connectivity index (χ1) is 10.2. The highest BCUT2D eigenvalue weighted by Gasteiger charge is 2.30. The van der Waals surface area contributed by atoms with Crippen molar-refractivity contribution in [2.75, 3.05) is 31.6 Å². The number of nitro groups is 1. The fraction of sp³-hybridized carbons (Fsp3) is 0.615. The lowest BCUT2D eigenvalue weighted by atomic mass is 9.93. The standard InChI is InChI=1S/C13H19N5O2S/c1-14-5-2-10-3-6-16(7-4-10)11-12(18(19)20)17-8-9-21-13(17)15-11/h8-10,14H,2-7H2,1H3. The van der Waals surface area contributed by atoms with E-state index in [4.69, 9.17) is 0 Å². The normalized spacial score (nSPS) is 16.7. The molecule has 1 fully saturated rings. The molecule has 8 heteroatoms. The molecule has 0 radical (unpaired) electrons. The Bertz CT molecular complexity index is 630. The van der Waals surface area contributed by atoms with Gasteiger partial charge >= 0.3 is 5.82 Å². The number of thiazole rings is 1. The summed E-state index contributed by atoms with van der Waals surface area (Å²) < 4.78 is 1.58. The van der Waals surface area contributed by atoms with Crippen molar-refractivity contribution in [3.63, 3.8) is 0 Å². The number of nitrogens with one attached hydrogen (secondary N) is 1. The zero-order valence-corrected chi connectivity index (χ0v) is 12.8. The molecule has 0 unspecified atom stereocenters.